The summed E-state index contributed by atoms with van der Waals surface area (Å²) in [7, 11) is 0. The van der Waals surface area contributed by atoms with E-state index in [0.29, 0.717) is 29.1 Å². The first-order valence-electron chi connectivity index (χ1n) is 11.2. The Labute approximate surface area is 197 Å². The van der Waals surface area contributed by atoms with Gasteiger partial charge in [-0.25, -0.2) is 14.8 Å². The number of nitrogens with zero attached hydrogens (tertiary/aromatic N) is 4. The molecule has 0 aliphatic carbocycles. The minimum atomic E-state index is -0.394. The van der Waals surface area contributed by atoms with E-state index in [1.165, 1.54) is 6.07 Å². The summed E-state index contributed by atoms with van der Waals surface area (Å²) in [5.74, 6) is 0.866. The molecule has 174 valence electrons. The van der Waals surface area contributed by atoms with Crippen LogP contribution in [0.3, 0.4) is 0 Å². The van der Waals surface area contributed by atoms with Gasteiger partial charge in [-0.3, -0.25) is 10.1 Å². The van der Waals surface area contributed by atoms with Gasteiger partial charge in [0.1, 0.15) is 11.3 Å². The molecule has 2 aromatic carbocycles. The van der Waals surface area contributed by atoms with Crippen LogP contribution >= 0.6 is 0 Å². The van der Waals surface area contributed by atoms with E-state index in [0.717, 1.165) is 36.2 Å². The molecule has 9 nitrogen and oxygen atoms in total. The number of pyridine rings is 1. The number of imidazole rings is 1. The number of aryl methyl sites for hydroxylation is 2. The molecule has 2 aromatic heterocycles. The summed E-state index contributed by atoms with van der Waals surface area (Å²) in [5, 5.41) is 16.9. The van der Waals surface area contributed by atoms with Gasteiger partial charge in [-0.1, -0.05) is 43.7 Å². The molecular weight excluding hydrogens is 432 g/mol. The Bertz CT molecular complexity index is 1330. The Morgan fingerprint density at radius 2 is 1.91 bits per heavy atom. The number of urea groups is 1. The van der Waals surface area contributed by atoms with Crippen LogP contribution in [0.4, 0.5) is 21.9 Å². The summed E-state index contributed by atoms with van der Waals surface area (Å²) in [4.78, 5) is 32.7. The zero-order valence-electron chi connectivity index (χ0n) is 19.1. The average Bonchev–Trinajstić information content (AvgIpc) is 3.18. The third-order valence-corrected chi connectivity index (χ3v) is 5.59. The molecule has 9 heteroatoms. The fourth-order valence-electron chi connectivity index (χ4n) is 3.80. The Morgan fingerprint density at radius 1 is 1.12 bits per heavy atom. The van der Waals surface area contributed by atoms with Crippen molar-refractivity contribution < 1.29 is 9.72 Å². The highest BCUT2D eigenvalue weighted by molar-refractivity contribution is 6.01. The molecule has 4 rings (SSSR count). The van der Waals surface area contributed by atoms with Crippen molar-refractivity contribution in [3.63, 3.8) is 0 Å². The second-order valence-corrected chi connectivity index (χ2v) is 8.06. The van der Waals surface area contributed by atoms with Gasteiger partial charge in [-0.15, -0.1) is 0 Å². The van der Waals surface area contributed by atoms with Crippen molar-refractivity contribution >= 4 is 34.3 Å². The van der Waals surface area contributed by atoms with Crippen LogP contribution in [0.2, 0.25) is 0 Å². The van der Waals surface area contributed by atoms with Gasteiger partial charge >= 0.3 is 6.03 Å². The highest BCUT2D eigenvalue weighted by Gasteiger charge is 2.18. The van der Waals surface area contributed by atoms with Gasteiger partial charge in [0.25, 0.3) is 5.69 Å². The topological polar surface area (TPSA) is 115 Å². The number of amides is 2. The van der Waals surface area contributed by atoms with Gasteiger partial charge in [-0.2, -0.15) is 0 Å². The predicted octanol–water partition coefficient (Wildman–Crippen LogP) is 5.68. The van der Waals surface area contributed by atoms with E-state index in [4.69, 9.17) is 4.98 Å². The number of hydrogen-bond donors (Lipinski definition) is 2. The number of nitro benzene ring substituents is 1. The quantitative estimate of drug-likeness (QED) is 0.260. The summed E-state index contributed by atoms with van der Waals surface area (Å²) < 4.78 is 2.00. The minimum absolute atomic E-state index is 0.0529. The number of hydrogen-bond acceptors (Lipinski definition) is 5. The first kappa shape index (κ1) is 22.9. The predicted molar refractivity (Wildman–Crippen MR) is 132 cm³/mol. The summed E-state index contributed by atoms with van der Waals surface area (Å²) in [6, 6.07) is 15.4. The zero-order valence-corrected chi connectivity index (χ0v) is 19.1. The first-order chi connectivity index (χ1) is 16.5. The number of rotatable bonds is 8. The molecule has 2 amide bonds. The molecular formula is C25H26N6O3. The SMILES string of the molecule is CCCCc1nc2c(C)c(NC(=O)Nc3ccccc3)cnc2n1Cc1cccc([N+](=O)[O-])c1. The highest BCUT2D eigenvalue weighted by atomic mass is 16.6. The Balaban J connectivity index is 1.66. The van der Waals surface area contributed by atoms with Crippen molar-refractivity contribution in [1.82, 2.24) is 14.5 Å². The molecule has 0 aliphatic heterocycles. The van der Waals surface area contributed by atoms with Crippen molar-refractivity contribution in [3.8, 4) is 0 Å². The maximum atomic E-state index is 12.5. The minimum Gasteiger partial charge on any atom is -0.308 e. The molecule has 34 heavy (non-hydrogen) atoms. The fourth-order valence-corrected chi connectivity index (χ4v) is 3.80. The molecule has 0 bridgehead atoms. The Hall–Kier alpha value is -4.27. The lowest BCUT2D eigenvalue weighted by atomic mass is 10.2. The van der Waals surface area contributed by atoms with Gasteiger partial charge in [-0.05, 0) is 31.0 Å². The number of nitrogens with one attached hydrogen (secondary N) is 2. The standard InChI is InChI=1S/C25H26N6O3/c1-3-4-13-22-29-23-17(2)21(28-25(32)27-19-10-6-5-7-11-19)15-26-24(23)30(22)16-18-9-8-12-20(14-18)31(33)34/h5-12,14-15H,3-4,13,16H2,1-2H3,(H2,27,28,32). The lowest BCUT2D eigenvalue weighted by Gasteiger charge is -2.11. The second kappa shape index (κ2) is 10.1. The summed E-state index contributed by atoms with van der Waals surface area (Å²) in [6.45, 7) is 4.44. The number of nitro groups is 1. The van der Waals surface area contributed by atoms with Crippen LogP contribution in [-0.2, 0) is 13.0 Å². The number of non-ortho nitro benzene ring substituents is 1. The third-order valence-electron chi connectivity index (χ3n) is 5.59. The van der Waals surface area contributed by atoms with E-state index in [1.54, 1.807) is 18.3 Å². The molecule has 2 heterocycles. The number of para-hydroxylation sites is 1. The average molecular weight is 459 g/mol. The van der Waals surface area contributed by atoms with E-state index < -0.39 is 4.92 Å². The Morgan fingerprint density at radius 3 is 2.65 bits per heavy atom. The fraction of sp³-hybridized carbons (Fsp3) is 0.240. The van der Waals surface area contributed by atoms with Gasteiger partial charge < -0.3 is 15.2 Å². The van der Waals surface area contributed by atoms with Crippen molar-refractivity contribution in [2.24, 2.45) is 0 Å². The lowest BCUT2D eigenvalue weighted by molar-refractivity contribution is -0.384. The van der Waals surface area contributed by atoms with E-state index in [-0.39, 0.29) is 11.7 Å². The van der Waals surface area contributed by atoms with Crippen LogP contribution in [-0.4, -0.2) is 25.5 Å². The van der Waals surface area contributed by atoms with E-state index in [9.17, 15) is 14.9 Å². The monoisotopic (exact) mass is 458 g/mol. The van der Waals surface area contributed by atoms with Crippen molar-refractivity contribution in [2.75, 3.05) is 10.6 Å². The zero-order chi connectivity index (χ0) is 24.1. The maximum absolute atomic E-state index is 12.5. The number of fused-ring (bicyclic) bond motifs is 1. The smallest absolute Gasteiger partial charge is 0.308 e. The van der Waals surface area contributed by atoms with Gasteiger partial charge in [0.15, 0.2) is 5.65 Å². The normalized spacial score (nSPS) is 10.9. The van der Waals surface area contributed by atoms with Crippen molar-refractivity contribution in [1.29, 1.82) is 0 Å². The molecule has 0 aliphatic rings. The van der Waals surface area contributed by atoms with Crippen molar-refractivity contribution in [3.05, 3.63) is 87.9 Å². The van der Waals surface area contributed by atoms with E-state index in [1.807, 2.05) is 47.9 Å². The van der Waals surface area contributed by atoms with Crippen LogP contribution in [0.25, 0.3) is 11.2 Å². The first-order valence-corrected chi connectivity index (χ1v) is 11.2. The van der Waals surface area contributed by atoms with Gasteiger partial charge in [0.2, 0.25) is 0 Å². The number of anilines is 2. The lowest BCUT2D eigenvalue weighted by Crippen LogP contribution is -2.20. The van der Waals surface area contributed by atoms with Crippen molar-refractivity contribution in [2.45, 2.75) is 39.7 Å². The second-order valence-electron chi connectivity index (χ2n) is 8.06. The van der Waals surface area contributed by atoms with Crippen LogP contribution < -0.4 is 10.6 Å². The van der Waals surface area contributed by atoms with Gasteiger partial charge in [0.05, 0.1) is 23.4 Å². The molecule has 4 aromatic rings. The summed E-state index contributed by atoms with van der Waals surface area (Å²) in [5.41, 5.74) is 4.31. The van der Waals surface area contributed by atoms with Gasteiger partial charge in [0, 0.05) is 29.8 Å². The maximum Gasteiger partial charge on any atom is 0.323 e. The number of carbonyl (C=O) groups is 1. The molecule has 0 radical (unpaired) electrons. The number of unbranched alkanes of at least 4 members (excludes halogenated alkanes) is 1. The molecule has 0 saturated carbocycles. The number of carbonyl (C=O) groups excluding carboxylic acids is 1. The van der Waals surface area contributed by atoms with Crippen LogP contribution in [0.5, 0.6) is 0 Å². The summed E-state index contributed by atoms with van der Waals surface area (Å²) in [6.07, 6.45) is 4.36. The van der Waals surface area contributed by atoms with E-state index >= 15 is 0 Å². The van der Waals surface area contributed by atoms with E-state index in [2.05, 4.69) is 22.5 Å². The van der Waals surface area contributed by atoms with Crippen LogP contribution in [0.1, 0.15) is 36.7 Å². The molecule has 0 unspecified atom stereocenters. The molecule has 2 N–H and O–H groups in total. The highest BCUT2D eigenvalue weighted by Crippen LogP contribution is 2.26. The van der Waals surface area contributed by atoms with Crippen LogP contribution in [0, 0.1) is 17.0 Å². The molecule has 0 atom stereocenters. The molecule has 0 spiro atoms. The number of benzene rings is 2. The molecule has 0 saturated heterocycles. The summed E-state index contributed by atoms with van der Waals surface area (Å²) >= 11 is 0. The Kier molecular flexibility index (Phi) is 6.82. The largest absolute Gasteiger partial charge is 0.323 e. The third kappa shape index (κ3) is 5.03. The number of aromatic nitrogens is 3. The molecule has 0 fully saturated rings. The van der Waals surface area contributed by atoms with Crippen LogP contribution in [0.15, 0.2) is 60.8 Å².